The highest BCUT2D eigenvalue weighted by Gasteiger charge is 2.30. The summed E-state index contributed by atoms with van der Waals surface area (Å²) in [5.41, 5.74) is 0.380. The van der Waals surface area contributed by atoms with Crippen molar-refractivity contribution in [2.45, 2.75) is 39.7 Å². The quantitative estimate of drug-likeness (QED) is 0.807. The Morgan fingerprint density at radius 3 is 2.39 bits per heavy atom. The molecule has 18 heavy (non-hydrogen) atoms. The van der Waals surface area contributed by atoms with Gasteiger partial charge < -0.3 is 15.1 Å². The summed E-state index contributed by atoms with van der Waals surface area (Å²) in [7, 11) is 2.25. The van der Waals surface area contributed by atoms with Crippen LogP contribution in [-0.2, 0) is 0 Å². The van der Waals surface area contributed by atoms with Gasteiger partial charge in [0.2, 0.25) is 0 Å². The van der Waals surface area contributed by atoms with Crippen molar-refractivity contribution in [3.8, 4) is 0 Å². The zero-order valence-electron chi connectivity index (χ0n) is 12.7. The van der Waals surface area contributed by atoms with E-state index >= 15 is 0 Å². The maximum absolute atomic E-state index is 3.68. The number of likely N-dealkylation sites (tertiary alicyclic amines) is 1. The van der Waals surface area contributed by atoms with Crippen LogP contribution in [0.25, 0.3) is 0 Å². The summed E-state index contributed by atoms with van der Waals surface area (Å²) in [5, 5.41) is 3.68. The molecule has 1 unspecified atom stereocenters. The van der Waals surface area contributed by atoms with Gasteiger partial charge in [-0.25, -0.2) is 0 Å². The fourth-order valence-electron chi connectivity index (χ4n) is 3.17. The minimum atomic E-state index is 0.380. The van der Waals surface area contributed by atoms with Crippen molar-refractivity contribution in [1.82, 2.24) is 15.1 Å². The number of piperazine rings is 1. The van der Waals surface area contributed by atoms with Gasteiger partial charge in [-0.15, -0.1) is 0 Å². The van der Waals surface area contributed by atoms with E-state index in [1.54, 1.807) is 0 Å². The van der Waals surface area contributed by atoms with Gasteiger partial charge in [-0.1, -0.05) is 20.8 Å². The highest BCUT2D eigenvalue weighted by Crippen LogP contribution is 2.23. The molecule has 1 N–H and O–H groups in total. The number of piperidine rings is 1. The van der Waals surface area contributed by atoms with E-state index in [0.717, 1.165) is 12.5 Å². The van der Waals surface area contributed by atoms with Crippen LogP contribution in [0, 0.1) is 11.3 Å². The molecular weight excluding hydrogens is 222 g/mol. The summed E-state index contributed by atoms with van der Waals surface area (Å²) in [6.45, 7) is 14.6. The van der Waals surface area contributed by atoms with Crippen LogP contribution in [0.3, 0.4) is 0 Å². The van der Waals surface area contributed by atoms with Crippen molar-refractivity contribution >= 4 is 0 Å². The van der Waals surface area contributed by atoms with E-state index in [4.69, 9.17) is 0 Å². The first kappa shape index (κ1) is 14.3. The zero-order valence-corrected chi connectivity index (χ0v) is 12.7. The smallest absolute Gasteiger partial charge is 0.0244 e. The summed E-state index contributed by atoms with van der Waals surface area (Å²) in [6, 6.07) is 0.650. The van der Waals surface area contributed by atoms with E-state index in [9.17, 15) is 0 Å². The summed E-state index contributed by atoms with van der Waals surface area (Å²) in [5.74, 6) is 0.930. The molecule has 0 aromatic rings. The molecule has 2 aliphatic rings. The van der Waals surface area contributed by atoms with Crippen molar-refractivity contribution in [1.29, 1.82) is 0 Å². The minimum absolute atomic E-state index is 0.380. The van der Waals surface area contributed by atoms with Gasteiger partial charge in [0.25, 0.3) is 0 Å². The summed E-state index contributed by atoms with van der Waals surface area (Å²) < 4.78 is 0. The minimum Gasteiger partial charge on any atom is -0.311 e. The van der Waals surface area contributed by atoms with Crippen LogP contribution in [0.15, 0.2) is 0 Å². The van der Waals surface area contributed by atoms with Gasteiger partial charge in [-0.3, -0.25) is 0 Å². The van der Waals surface area contributed by atoms with Crippen molar-refractivity contribution in [3.05, 3.63) is 0 Å². The number of nitrogens with zero attached hydrogens (tertiary/aromatic N) is 2. The molecule has 2 heterocycles. The first-order valence-electron chi connectivity index (χ1n) is 7.59. The van der Waals surface area contributed by atoms with Crippen molar-refractivity contribution in [3.63, 3.8) is 0 Å². The third-order valence-corrected chi connectivity index (χ3v) is 4.66. The Balaban J connectivity index is 1.79. The molecule has 2 rings (SSSR count). The van der Waals surface area contributed by atoms with Gasteiger partial charge in [0, 0.05) is 32.2 Å². The number of hydrogen-bond donors (Lipinski definition) is 1. The Kier molecular flexibility index (Phi) is 4.68. The van der Waals surface area contributed by atoms with Gasteiger partial charge in [0.1, 0.15) is 0 Å². The molecule has 0 aliphatic carbocycles. The molecule has 2 aliphatic heterocycles. The average molecular weight is 253 g/mol. The highest BCUT2D eigenvalue weighted by atomic mass is 15.2. The lowest BCUT2D eigenvalue weighted by molar-refractivity contribution is 0.101. The van der Waals surface area contributed by atoms with Crippen LogP contribution in [0.4, 0.5) is 0 Å². The van der Waals surface area contributed by atoms with E-state index in [-0.39, 0.29) is 0 Å². The van der Waals surface area contributed by atoms with Gasteiger partial charge in [-0.2, -0.15) is 0 Å². The molecule has 0 aromatic heterocycles. The zero-order chi connectivity index (χ0) is 13.2. The third-order valence-electron chi connectivity index (χ3n) is 4.66. The Labute approximate surface area is 113 Å². The lowest BCUT2D eigenvalue weighted by atomic mass is 9.85. The Morgan fingerprint density at radius 1 is 1.11 bits per heavy atom. The Hall–Kier alpha value is -0.120. The Morgan fingerprint density at radius 2 is 1.78 bits per heavy atom. The third kappa shape index (κ3) is 3.94. The normalized spacial score (nSPS) is 29.7. The molecule has 0 saturated carbocycles. The van der Waals surface area contributed by atoms with Crippen molar-refractivity contribution in [2.75, 3.05) is 46.3 Å². The molecular formula is C15H31N3. The van der Waals surface area contributed by atoms with Crippen LogP contribution >= 0.6 is 0 Å². The lowest BCUT2D eigenvalue weighted by Crippen LogP contribution is -2.56. The van der Waals surface area contributed by atoms with E-state index in [1.165, 1.54) is 45.6 Å². The van der Waals surface area contributed by atoms with Crippen molar-refractivity contribution < 1.29 is 0 Å². The van der Waals surface area contributed by atoms with Gasteiger partial charge >= 0.3 is 0 Å². The van der Waals surface area contributed by atoms with Crippen LogP contribution in [0.2, 0.25) is 0 Å². The van der Waals surface area contributed by atoms with Crippen LogP contribution in [0.5, 0.6) is 0 Å². The maximum atomic E-state index is 3.68. The first-order chi connectivity index (χ1) is 8.45. The SMILES string of the molecule is CN1CCC(CN2CCNC(C(C)(C)C)C2)CC1. The summed E-state index contributed by atoms with van der Waals surface area (Å²) in [4.78, 5) is 5.16. The summed E-state index contributed by atoms with van der Waals surface area (Å²) in [6.07, 6.45) is 2.78. The molecule has 3 nitrogen and oxygen atoms in total. The molecule has 1 atom stereocenters. The largest absolute Gasteiger partial charge is 0.311 e. The summed E-state index contributed by atoms with van der Waals surface area (Å²) >= 11 is 0. The van der Waals surface area contributed by atoms with Crippen LogP contribution in [0.1, 0.15) is 33.6 Å². The second kappa shape index (κ2) is 5.89. The van der Waals surface area contributed by atoms with Gasteiger partial charge in [-0.05, 0) is 44.3 Å². The van der Waals surface area contributed by atoms with E-state index in [0.29, 0.717) is 11.5 Å². The number of hydrogen-bond acceptors (Lipinski definition) is 3. The second-order valence-corrected chi connectivity index (χ2v) is 7.38. The topological polar surface area (TPSA) is 18.5 Å². The maximum Gasteiger partial charge on any atom is 0.0244 e. The molecule has 0 aromatic carbocycles. The van der Waals surface area contributed by atoms with Gasteiger partial charge in [0.05, 0.1) is 0 Å². The second-order valence-electron chi connectivity index (χ2n) is 7.38. The van der Waals surface area contributed by atoms with E-state index in [1.807, 2.05) is 0 Å². The fraction of sp³-hybridized carbons (Fsp3) is 1.00. The first-order valence-corrected chi connectivity index (χ1v) is 7.59. The highest BCUT2D eigenvalue weighted by molar-refractivity contribution is 4.88. The molecule has 2 saturated heterocycles. The van der Waals surface area contributed by atoms with Crippen molar-refractivity contribution in [2.24, 2.45) is 11.3 Å². The molecule has 3 heteroatoms. The average Bonchev–Trinajstić information content (AvgIpc) is 2.31. The molecule has 2 fully saturated rings. The lowest BCUT2D eigenvalue weighted by Gasteiger charge is -2.42. The molecule has 0 amide bonds. The molecule has 0 spiro atoms. The number of rotatable bonds is 2. The van der Waals surface area contributed by atoms with Crippen LogP contribution < -0.4 is 5.32 Å². The molecule has 0 radical (unpaired) electrons. The number of nitrogens with one attached hydrogen (secondary N) is 1. The molecule has 0 bridgehead atoms. The standard InChI is InChI=1S/C15H31N3/c1-15(2,3)14-12-18(10-7-16-14)11-13-5-8-17(4)9-6-13/h13-14,16H,5-12H2,1-4H3. The van der Waals surface area contributed by atoms with Crippen LogP contribution in [-0.4, -0.2) is 62.2 Å². The Bertz CT molecular complexity index is 251. The predicted octanol–water partition coefficient (Wildman–Crippen LogP) is 1.65. The van der Waals surface area contributed by atoms with E-state index < -0.39 is 0 Å². The fourth-order valence-corrected chi connectivity index (χ4v) is 3.17. The van der Waals surface area contributed by atoms with Gasteiger partial charge in [0.15, 0.2) is 0 Å². The van der Waals surface area contributed by atoms with E-state index in [2.05, 4.69) is 42.9 Å². The predicted molar refractivity (Wildman–Crippen MR) is 77.9 cm³/mol. The monoisotopic (exact) mass is 253 g/mol. The molecule has 106 valence electrons.